The number of ether oxygens (including phenoxy) is 1. The van der Waals surface area contributed by atoms with E-state index in [1.54, 1.807) is 31.4 Å². The van der Waals surface area contributed by atoms with Gasteiger partial charge in [-0.15, -0.1) is 0 Å². The zero-order chi connectivity index (χ0) is 26.9. The highest BCUT2D eigenvalue weighted by atomic mass is 16.5. The SMILES string of the molecule is COc1cccc(/C=C/C(=O)c2cccc(Nc3nc(Nc4ccccc4)nc(Nc4ccccc4)n3)c2)c1. The number of hydrogen-bond donors (Lipinski definition) is 3. The molecule has 0 saturated heterocycles. The van der Waals surface area contributed by atoms with Crippen molar-refractivity contribution in [1.82, 2.24) is 15.0 Å². The quantitative estimate of drug-likeness (QED) is 0.135. The van der Waals surface area contributed by atoms with Gasteiger partial charge in [-0.05, 0) is 60.2 Å². The fraction of sp³-hybridized carbons (Fsp3) is 0.0323. The topological polar surface area (TPSA) is 101 Å². The van der Waals surface area contributed by atoms with Crippen LogP contribution in [0, 0.1) is 0 Å². The Bertz CT molecular complexity index is 1530. The van der Waals surface area contributed by atoms with Crippen LogP contribution in [0.3, 0.4) is 0 Å². The molecule has 0 aliphatic heterocycles. The van der Waals surface area contributed by atoms with E-state index in [0.717, 1.165) is 22.7 Å². The van der Waals surface area contributed by atoms with Crippen LogP contribution < -0.4 is 20.7 Å². The van der Waals surface area contributed by atoms with Crippen molar-refractivity contribution < 1.29 is 9.53 Å². The van der Waals surface area contributed by atoms with Gasteiger partial charge in [-0.25, -0.2) is 0 Å². The number of carbonyl (C=O) groups is 1. The smallest absolute Gasteiger partial charge is 0.233 e. The van der Waals surface area contributed by atoms with E-state index in [0.29, 0.717) is 29.1 Å². The Morgan fingerprint density at radius 1 is 0.641 bits per heavy atom. The van der Waals surface area contributed by atoms with Gasteiger partial charge in [0, 0.05) is 22.6 Å². The molecule has 192 valence electrons. The van der Waals surface area contributed by atoms with Gasteiger partial charge in [0.05, 0.1) is 7.11 Å². The zero-order valence-electron chi connectivity index (χ0n) is 21.2. The highest BCUT2D eigenvalue weighted by Crippen LogP contribution is 2.22. The Labute approximate surface area is 226 Å². The van der Waals surface area contributed by atoms with E-state index in [1.165, 1.54) is 0 Å². The maximum atomic E-state index is 12.9. The number of allylic oxidation sites excluding steroid dienone is 1. The number of carbonyl (C=O) groups excluding carboxylic acids is 1. The number of para-hydroxylation sites is 2. The van der Waals surface area contributed by atoms with Crippen molar-refractivity contribution in [2.75, 3.05) is 23.1 Å². The third-order valence-electron chi connectivity index (χ3n) is 5.62. The van der Waals surface area contributed by atoms with Gasteiger partial charge in [0.1, 0.15) is 5.75 Å². The number of methoxy groups -OCH3 is 1. The fourth-order valence-corrected chi connectivity index (χ4v) is 3.74. The number of benzene rings is 4. The van der Waals surface area contributed by atoms with Gasteiger partial charge in [-0.1, -0.05) is 66.7 Å². The van der Waals surface area contributed by atoms with Crippen LogP contribution in [0.15, 0.2) is 115 Å². The van der Waals surface area contributed by atoms with E-state index in [-0.39, 0.29) is 5.78 Å². The Morgan fingerprint density at radius 2 is 1.18 bits per heavy atom. The standard InChI is InChI=1S/C31H26N6O2/c1-39-27-17-8-10-22(20-27)18-19-28(38)23-11-9-16-26(21-23)34-31-36-29(32-24-12-4-2-5-13-24)35-30(37-31)33-25-14-6-3-7-15-25/h2-21H,1H3,(H3,32,33,34,35,36,37)/b19-18+. The van der Waals surface area contributed by atoms with Gasteiger partial charge in [0.2, 0.25) is 17.8 Å². The molecule has 0 aliphatic rings. The predicted octanol–water partition coefficient (Wildman–Crippen LogP) is 7.01. The van der Waals surface area contributed by atoms with Gasteiger partial charge >= 0.3 is 0 Å². The summed E-state index contributed by atoms with van der Waals surface area (Å²) in [6, 6.07) is 34.0. The lowest BCUT2D eigenvalue weighted by Gasteiger charge is -2.12. The Morgan fingerprint density at radius 3 is 1.77 bits per heavy atom. The van der Waals surface area contributed by atoms with E-state index in [2.05, 4.69) is 30.9 Å². The lowest BCUT2D eigenvalue weighted by molar-refractivity contribution is 0.104. The van der Waals surface area contributed by atoms with Crippen molar-refractivity contribution in [3.63, 3.8) is 0 Å². The number of aromatic nitrogens is 3. The number of nitrogens with zero attached hydrogens (tertiary/aromatic N) is 3. The average molecular weight is 515 g/mol. The first kappa shape index (κ1) is 25.2. The summed E-state index contributed by atoms with van der Waals surface area (Å²) in [7, 11) is 1.61. The maximum Gasteiger partial charge on any atom is 0.233 e. The summed E-state index contributed by atoms with van der Waals surface area (Å²) in [5.41, 5.74) is 3.75. The van der Waals surface area contributed by atoms with Crippen LogP contribution in [0.4, 0.5) is 34.9 Å². The van der Waals surface area contributed by atoms with E-state index < -0.39 is 0 Å². The van der Waals surface area contributed by atoms with Crippen LogP contribution >= 0.6 is 0 Å². The normalized spacial score (nSPS) is 10.7. The molecule has 0 radical (unpaired) electrons. The first-order chi connectivity index (χ1) is 19.1. The van der Waals surface area contributed by atoms with Crippen LogP contribution in [0.25, 0.3) is 6.08 Å². The van der Waals surface area contributed by atoms with Crippen molar-refractivity contribution in [3.05, 3.63) is 126 Å². The van der Waals surface area contributed by atoms with Gasteiger partial charge in [-0.3, -0.25) is 4.79 Å². The molecule has 5 rings (SSSR count). The molecular weight excluding hydrogens is 488 g/mol. The van der Waals surface area contributed by atoms with Crippen molar-refractivity contribution >= 4 is 46.8 Å². The summed E-state index contributed by atoms with van der Waals surface area (Å²) in [6.45, 7) is 0. The lowest BCUT2D eigenvalue weighted by Crippen LogP contribution is -2.07. The monoisotopic (exact) mass is 514 g/mol. The van der Waals surface area contributed by atoms with Crippen LogP contribution in [0.5, 0.6) is 5.75 Å². The molecule has 0 atom stereocenters. The second kappa shape index (κ2) is 12.2. The Kier molecular flexibility index (Phi) is 7.84. The summed E-state index contributed by atoms with van der Waals surface area (Å²) in [5, 5.41) is 9.63. The molecule has 5 aromatic rings. The molecule has 1 aromatic heterocycles. The molecule has 39 heavy (non-hydrogen) atoms. The number of rotatable bonds is 10. The second-order valence-corrected chi connectivity index (χ2v) is 8.47. The van der Waals surface area contributed by atoms with Crippen molar-refractivity contribution in [3.8, 4) is 5.75 Å². The maximum absolute atomic E-state index is 12.9. The molecule has 0 amide bonds. The van der Waals surface area contributed by atoms with Gasteiger partial charge < -0.3 is 20.7 Å². The summed E-state index contributed by atoms with van der Waals surface area (Å²) in [5.74, 6) is 1.65. The Balaban J connectivity index is 1.37. The minimum absolute atomic E-state index is 0.130. The van der Waals surface area contributed by atoms with E-state index in [9.17, 15) is 4.79 Å². The molecule has 8 heteroatoms. The Hall–Kier alpha value is -5.50. The van der Waals surface area contributed by atoms with Gasteiger partial charge in [0.15, 0.2) is 5.78 Å². The number of hydrogen-bond acceptors (Lipinski definition) is 8. The van der Waals surface area contributed by atoms with Crippen LogP contribution in [0.1, 0.15) is 15.9 Å². The third-order valence-corrected chi connectivity index (χ3v) is 5.62. The molecule has 0 saturated carbocycles. The lowest BCUT2D eigenvalue weighted by atomic mass is 10.1. The molecular formula is C31H26N6O2. The molecule has 0 unspecified atom stereocenters. The molecule has 3 N–H and O–H groups in total. The highest BCUT2D eigenvalue weighted by molar-refractivity contribution is 6.07. The number of anilines is 6. The molecule has 0 spiro atoms. The minimum atomic E-state index is -0.130. The third kappa shape index (κ3) is 7.05. The van der Waals surface area contributed by atoms with E-state index in [4.69, 9.17) is 4.74 Å². The molecule has 1 heterocycles. The van der Waals surface area contributed by atoms with E-state index in [1.807, 2.05) is 97.1 Å². The first-order valence-electron chi connectivity index (χ1n) is 12.3. The molecule has 0 bridgehead atoms. The zero-order valence-corrected chi connectivity index (χ0v) is 21.2. The van der Waals surface area contributed by atoms with Gasteiger partial charge in [0.25, 0.3) is 0 Å². The van der Waals surface area contributed by atoms with Crippen LogP contribution in [-0.4, -0.2) is 27.8 Å². The predicted molar refractivity (Wildman–Crippen MR) is 155 cm³/mol. The highest BCUT2D eigenvalue weighted by Gasteiger charge is 2.10. The van der Waals surface area contributed by atoms with Gasteiger partial charge in [-0.2, -0.15) is 15.0 Å². The second-order valence-electron chi connectivity index (χ2n) is 8.47. The molecule has 4 aromatic carbocycles. The molecule has 8 nitrogen and oxygen atoms in total. The van der Waals surface area contributed by atoms with Crippen LogP contribution in [0.2, 0.25) is 0 Å². The minimum Gasteiger partial charge on any atom is -0.497 e. The fourth-order valence-electron chi connectivity index (χ4n) is 3.74. The van der Waals surface area contributed by atoms with Crippen molar-refractivity contribution in [1.29, 1.82) is 0 Å². The molecule has 0 fully saturated rings. The summed E-state index contributed by atoms with van der Waals surface area (Å²) < 4.78 is 5.25. The number of ketones is 1. The summed E-state index contributed by atoms with van der Waals surface area (Å²) in [6.07, 6.45) is 3.31. The first-order valence-corrected chi connectivity index (χ1v) is 12.3. The molecule has 0 aliphatic carbocycles. The van der Waals surface area contributed by atoms with E-state index >= 15 is 0 Å². The largest absolute Gasteiger partial charge is 0.497 e. The van der Waals surface area contributed by atoms with Crippen molar-refractivity contribution in [2.45, 2.75) is 0 Å². The average Bonchev–Trinajstić information content (AvgIpc) is 2.97. The summed E-state index contributed by atoms with van der Waals surface area (Å²) in [4.78, 5) is 26.5. The van der Waals surface area contributed by atoms with Crippen molar-refractivity contribution in [2.24, 2.45) is 0 Å². The van der Waals surface area contributed by atoms with Crippen LogP contribution in [-0.2, 0) is 0 Å². The summed E-state index contributed by atoms with van der Waals surface area (Å²) >= 11 is 0. The number of nitrogens with one attached hydrogen (secondary N) is 3.